The summed E-state index contributed by atoms with van der Waals surface area (Å²) in [7, 11) is 0. The number of carbonyl (C=O) groups excluding carboxylic acids is 1. The van der Waals surface area contributed by atoms with Crippen LogP contribution in [-0.2, 0) is 11.2 Å². The van der Waals surface area contributed by atoms with Gasteiger partial charge in [-0.3, -0.25) is 4.79 Å². The number of hydrogen-bond donors (Lipinski definition) is 0. The number of ketones is 1. The van der Waals surface area contributed by atoms with Crippen LogP contribution in [0.1, 0.15) is 5.01 Å². The van der Waals surface area contributed by atoms with Crippen LogP contribution in [0.5, 0.6) is 0 Å². The highest BCUT2D eigenvalue weighted by atomic mass is 32.1. The average Bonchev–Trinajstić information content (AvgIpc) is 2.39. The first-order valence-electron chi connectivity index (χ1n) is 2.89. The van der Waals surface area contributed by atoms with Crippen molar-refractivity contribution >= 4 is 17.1 Å². The van der Waals surface area contributed by atoms with Crippen molar-refractivity contribution < 1.29 is 13.6 Å². The van der Waals surface area contributed by atoms with Crippen molar-refractivity contribution in [1.29, 1.82) is 0 Å². The molecule has 1 aromatic rings. The number of alkyl halides is 2. The Morgan fingerprint density at radius 3 is 2.91 bits per heavy atom. The lowest BCUT2D eigenvalue weighted by Gasteiger charge is -1.93. The molecule has 0 amide bonds. The molecule has 0 saturated heterocycles. The molecule has 0 N–H and O–H groups in total. The first kappa shape index (κ1) is 8.26. The van der Waals surface area contributed by atoms with Crippen LogP contribution in [0.4, 0.5) is 8.78 Å². The van der Waals surface area contributed by atoms with Gasteiger partial charge in [0, 0.05) is 11.6 Å². The Bertz CT molecular complexity index is 235. The maximum atomic E-state index is 11.6. The fourth-order valence-corrected chi connectivity index (χ4v) is 1.19. The van der Waals surface area contributed by atoms with E-state index in [9.17, 15) is 13.6 Å². The highest BCUT2D eigenvalue weighted by Gasteiger charge is 2.16. The second kappa shape index (κ2) is 3.52. The Morgan fingerprint density at radius 1 is 1.73 bits per heavy atom. The van der Waals surface area contributed by atoms with Crippen molar-refractivity contribution in [2.45, 2.75) is 12.8 Å². The first-order chi connectivity index (χ1) is 5.20. The molecule has 2 nitrogen and oxygen atoms in total. The van der Waals surface area contributed by atoms with E-state index in [1.807, 2.05) is 0 Å². The Morgan fingerprint density at radius 2 is 2.45 bits per heavy atom. The van der Waals surface area contributed by atoms with E-state index in [0.29, 0.717) is 5.01 Å². The van der Waals surface area contributed by atoms with Gasteiger partial charge in [0.15, 0.2) is 0 Å². The summed E-state index contributed by atoms with van der Waals surface area (Å²) in [5, 5.41) is 2.09. The lowest BCUT2D eigenvalue weighted by atomic mass is 10.3. The van der Waals surface area contributed by atoms with Gasteiger partial charge in [0.25, 0.3) is 6.43 Å². The molecular formula is C6H5F2NOS. The van der Waals surface area contributed by atoms with Crippen molar-refractivity contribution in [3.63, 3.8) is 0 Å². The number of carbonyl (C=O) groups is 1. The van der Waals surface area contributed by atoms with Gasteiger partial charge in [-0.05, 0) is 0 Å². The molecule has 0 aliphatic rings. The second-order valence-corrected chi connectivity index (χ2v) is 2.85. The lowest BCUT2D eigenvalue weighted by Crippen LogP contribution is -2.12. The van der Waals surface area contributed by atoms with E-state index >= 15 is 0 Å². The monoisotopic (exact) mass is 177 g/mol. The van der Waals surface area contributed by atoms with Gasteiger partial charge in [0.1, 0.15) is 5.01 Å². The highest BCUT2D eigenvalue weighted by Crippen LogP contribution is 2.07. The standard InChI is InChI=1S/C6H5F2NOS/c7-6(8)4(10)3-5-9-1-2-11-5/h1-2,6H,3H2. The zero-order valence-corrected chi connectivity index (χ0v) is 6.28. The SMILES string of the molecule is O=C(Cc1nccs1)C(F)F. The van der Waals surface area contributed by atoms with E-state index in [2.05, 4.69) is 4.98 Å². The summed E-state index contributed by atoms with van der Waals surface area (Å²) in [6.45, 7) is 0. The number of nitrogens with zero attached hydrogens (tertiary/aromatic N) is 1. The average molecular weight is 177 g/mol. The van der Waals surface area contributed by atoms with Crippen molar-refractivity contribution in [2.24, 2.45) is 0 Å². The molecule has 0 spiro atoms. The van der Waals surface area contributed by atoms with Gasteiger partial charge in [-0.15, -0.1) is 11.3 Å². The van der Waals surface area contributed by atoms with Gasteiger partial charge < -0.3 is 0 Å². The number of halogens is 2. The maximum absolute atomic E-state index is 11.6. The van der Waals surface area contributed by atoms with E-state index in [0.717, 1.165) is 0 Å². The van der Waals surface area contributed by atoms with Gasteiger partial charge in [-0.25, -0.2) is 13.8 Å². The van der Waals surface area contributed by atoms with E-state index in [1.165, 1.54) is 17.5 Å². The molecule has 11 heavy (non-hydrogen) atoms. The third-order valence-electron chi connectivity index (χ3n) is 1.05. The molecule has 60 valence electrons. The number of rotatable bonds is 3. The molecule has 1 heterocycles. The quantitative estimate of drug-likeness (QED) is 0.700. The predicted molar refractivity (Wildman–Crippen MR) is 36.8 cm³/mol. The van der Waals surface area contributed by atoms with Crippen molar-refractivity contribution in [3.8, 4) is 0 Å². The van der Waals surface area contributed by atoms with Crippen LogP contribution >= 0.6 is 11.3 Å². The molecule has 0 unspecified atom stereocenters. The largest absolute Gasteiger partial charge is 0.296 e. The molecule has 0 radical (unpaired) electrons. The topological polar surface area (TPSA) is 30.0 Å². The summed E-state index contributed by atoms with van der Waals surface area (Å²) in [4.78, 5) is 14.1. The van der Waals surface area contributed by atoms with Crippen LogP contribution in [0.2, 0.25) is 0 Å². The smallest absolute Gasteiger partial charge is 0.293 e. The summed E-state index contributed by atoms with van der Waals surface area (Å²) in [6.07, 6.45) is -1.65. The van der Waals surface area contributed by atoms with Crippen LogP contribution in [0.25, 0.3) is 0 Å². The van der Waals surface area contributed by atoms with Gasteiger partial charge in [-0.1, -0.05) is 0 Å². The van der Waals surface area contributed by atoms with Crippen LogP contribution in [0.15, 0.2) is 11.6 Å². The minimum atomic E-state index is -2.88. The van der Waals surface area contributed by atoms with E-state index in [4.69, 9.17) is 0 Å². The number of hydrogen-bond acceptors (Lipinski definition) is 3. The minimum Gasteiger partial charge on any atom is -0.293 e. The van der Waals surface area contributed by atoms with Crippen molar-refractivity contribution in [1.82, 2.24) is 4.98 Å². The molecule has 5 heteroatoms. The molecule has 0 fully saturated rings. The van der Waals surface area contributed by atoms with Crippen LogP contribution in [-0.4, -0.2) is 17.2 Å². The Kier molecular flexibility index (Phi) is 2.64. The highest BCUT2D eigenvalue weighted by molar-refractivity contribution is 7.09. The van der Waals surface area contributed by atoms with Crippen molar-refractivity contribution in [3.05, 3.63) is 16.6 Å². The molecule has 1 rings (SSSR count). The Hall–Kier alpha value is -0.840. The summed E-state index contributed by atoms with van der Waals surface area (Å²) in [5.41, 5.74) is 0. The van der Waals surface area contributed by atoms with E-state index in [-0.39, 0.29) is 6.42 Å². The normalized spacial score (nSPS) is 10.5. The van der Waals surface area contributed by atoms with Gasteiger partial charge in [-0.2, -0.15) is 0 Å². The summed E-state index contributed by atoms with van der Waals surface area (Å²) in [6, 6.07) is 0. The second-order valence-electron chi connectivity index (χ2n) is 1.87. The third-order valence-corrected chi connectivity index (χ3v) is 1.83. The Balaban J connectivity index is 2.50. The van der Waals surface area contributed by atoms with Crippen LogP contribution in [0, 0.1) is 0 Å². The Labute approximate surface area is 65.9 Å². The third kappa shape index (κ3) is 2.34. The summed E-state index contributed by atoms with van der Waals surface area (Å²) >= 11 is 1.20. The zero-order chi connectivity index (χ0) is 8.27. The van der Waals surface area contributed by atoms with E-state index < -0.39 is 12.2 Å². The predicted octanol–water partition coefficient (Wildman–Crippen LogP) is 1.52. The molecule has 0 aliphatic heterocycles. The van der Waals surface area contributed by atoms with Gasteiger partial charge in [0.05, 0.1) is 6.42 Å². The fourth-order valence-electron chi connectivity index (χ4n) is 0.566. The molecule has 0 bridgehead atoms. The van der Waals surface area contributed by atoms with Gasteiger partial charge >= 0.3 is 0 Å². The van der Waals surface area contributed by atoms with Crippen LogP contribution in [0.3, 0.4) is 0 Å². The minimum absolute atomic E-state index is 0.255. The van der Waals surface area contributed by atoms with E-state index in [1.54, 1.807) is 5.38 Å². The number of Topliss-reactive ketones (excluding diaryl/α,β-unsaturated/α-hetero) is 1. The number of aromatic nitrogens is 1. The lowest BCUT2D eigenvalue weighted by molar-refractivity contribution is -0.128. The molecule has 1 aromatic heterocycles. The van der Waals surface area contributed by atoms with Crippen molar-refractivity contribution in [2.75, 3.05) is 0 Å². The number of thiazole rings is 1. The van der Waals surface area contributed by atoms with Gasteiger partial charge in [0.2, 0.25) is 5.78 Å². The molecule has 0 atom stereocenters. The summed E-state index contributed by atoms with van der Waals surface area (Å²) < 4.78 is 23.3. The fraction of sp³-hybridized carbons (Fsp3) is 0.333. The first-order valence-corrected chi connectivity index (χ1v) is 3.77. The molecular weight excluding hydrogens is 172 g/mol. The molecule has 0 saturated carbocycles. The zero-order valence-electron chi connectivity index (χ0n) is 5.46. The summed E-state index contributed by atoms with van der Waals surface area (Å²) in [5.74, 6) is -1.07. The molecule has 0 aromatic carbocycles. The molecule has 0 aliphatic carbocycles. The maximum Gasteiger partial charge on any atom is 0.296 e. The van der Waals surface area contributed by atoms with Crippen LogP contribution < -0.4 is 0 Å².